The molecule has 0 amide bonds. The third-order valence-corrected chi connectivity index (χ3v) is 9.28. The zero-order valence-electron chi connectivity index (χ0n) is 32.8. The van der Waals surface area contributed by atoms with Crippen molar-refractivity contribution in [3.05, 3.63) is 48.6 Å². The average Bonchev–Trinajstić information content (AvgIpc) is 3.13. The maximum atomic E-state index is 12.5. The summed E-state index contributed by atoms with van der Waals surface area (Å²) >= 11 is 0. The monoisotopic (exact) mass is 769 g/mol. The highest BCUT2D eigenvalue weighted by Gasteiger charge is 2.28. The lowest BCUT2D eigenvalue weighted by atomic mass is 10.1. The van der Waals surface area contributed by atoms with Crippen molar-refractivity contribution in [2.75, 3.05) is 19.8 Å². The Labute approximate surface area is 320 Å². The van der Waals surface area contributed by atoms with Crippen LogP contribution in [0.4, 0.5) is 0 Å². The number of carboxylic acid groups (broad SMARTS) is 1. The second-order valence-corrected chi connectivity index (χ2v) is 14.9. The van der Waals surface area contributed by atoms with Crippen LogP contribution in [-0.2, 0) is 37.5 Å². The van der Waals surface area contributed by atoms with Crippen LogP contribution in [0.25, 0.3) is 0 Å². The molecule has 0 aromatic carbocycles. The molecule has 0 saturated carbocycles. The Morgan fingerprint density at radius 2 is 1.00 bits per heavy atom. The van der Waals surface area contributed by atoms with Gasteiger partial charge in [-0.15, -0.1) is 0 Å². The third-order valence-electron chi connectivity index (χ3n) is 8.33. The number of carbonyl (C=O) groups excluding carboxylic acids is 2. The number of hydrogen-bond acceptors (Lipinski definition) is 9. The fourth-order valence-electron chi connectivity index (χ4n) is 5.11. The minimum atomic E-state index is -4.72. The molecule has 0 radical (unpaired) electrons. The van der Waals surface area contributed by atoms with Crippen LogP contribution in [0, 0.1) is 0 Å². The van der Waals surface area contributed by atoms with E-state index in [1.54, 1.807) is 0 Å². The fraction of sp³-hybridized carbons (Fsp3) is 0.732. The third kappa shape index (κ3) is 36.2. The second kappa shape index (κ2) is 36.4. The van der Waals surface area contributed by atoms with E-state index in [1.807, 2.05) is 0 Å². The summed E-state index contributed by atoms with van der Waals surface area (Å²) in [7, 11) is -4.72. The van der Waals surface area contributed by atoms with Gasteiger partial charge in [0.1, 0.15) is 12.6 Å². The maximum Gasteiger partial charge on any atom is 0.472 e. The first-order valence-electron chi connectivity index (χ1n) is 20.2. The Bertz CT molecular complexity index is 1090. The molecular weight excluding hydrogens is 697 g/mol. The second-order valence-electron chi connectivity index (χ2n) is 13.4. The molecule has 0 heterocycles. The summed E-state index contributed by atoms with van der Waals surface area (Å²) in [5.74, 6) is -2.42. The minimum Gasteiger partial charge on any atom is -0.480 e. The number of unbranched alkanes of at least 4 members (excludes halogenated alkanes) is 15. The molecule has 3 atom stereocenters. The lowest BCUT2D eigenvalue weighted by molar-refractivity contribution is -0.161. The van der Waals surface area contributed by atoms with E-state index in [1.165, 1.54) is 64.2 Å². The number of phosphoric ester groups is 1. The number of allylic oxidation sites excluding steroid dienone is 8. The van der Waals surface area contributed by atoms with Gasteiger partial charge in [-0.05, 0) is 57.8 Å². The highest BCUT2D eigenvalue weighted by atomic mass is 31.2. The molecule has 0 spiro atoms. The normalized spacial score (nSPS) is 14.3. The van der Waals surface area contributed by atoms with Crippen molar-refractivity contribution >= 4 is 25.7 Å². The summed E-state index contributed by atoms with van der Waals surface area (Å²) < 4.78 is 32.5. The van der Waals surface area contributed by atoms with Crippen molar-refractivity contribution in [2.24, 2.45) is 5.73 Å². The highest BCUT2D eigenvalue weighted by molar-refractivity contribution is 7.47. The summed E-state index contributed by atoms with van der Waals surface area (Å²) in [5, 5.41) is 8.86. The largest absolute Gasteiger partial charge is 0.480 e. The Hall–Kier alpha value is -2.56. The van der Waals surface area contributed by atoms with Crippen molar-refractivity contribution in [1.82, 2.24) is 0 Å². The summed E-state index contributed by atoms with van der Waals surface area (Å²) in [4.78, 5) is 45.7. The molecule has 11 nitrogen and oxygen atoms in total. The topological polar surface area (TPSA) is 172 Å². The van der Waals surface area contributed by atoms with E-state index < -0.39 is 51.1 Å². The van der Waals surface area contributed by atoms with Crippen molar-refractivity contribution in [2.45, 2.75) is 174 Å². The van der Waals surface area contributed by atoms with Crippen LogP contribution >= 0.6 is 7.82 Å². The Kier molecular flexibility index (Phi) is 34.7. The van der Waals surface area contributed by atoms with Gasteiger partial charge in [-0.2, -0.15) is 0 Å². The Morgan fingerprint density at radius 3 is 1.53 bits per heavy atom. The molecule has 53 heavy (non-hydrogen) atoms. The zero-order chi connectivity index (χ0) is 39.3. The number of rotatable bonds is 37. The molecule has 0 aromatic rings. The van der Waals surface area contributed by atoms with Crippen LogP contribution in [0.15, 0.2) is 48.6 Å². The molecule has 306 valence electrons. The van der Waals surface area contributed by atoms with Gasteiger partial charge in [-0.1, -0.05) is 140 Å². The first-order chi connectivity index (χ1) is 25.6. The van der Waals surface area contributed by atoms with Crippen LogP contribution in [0.5, 0.6) is 0 Å². The SMILES string of the molecule is CCCCC/C=C/C/C=C/C/C=C/C/C=C/CCCCCC(=O)OC[C@@H](COP(=O)(O)OC[C@@H](N)C(=O)O)OC(=O)CCCCCCCCCCCC. The predicted molar refractivity (Wildman–Crippen MR) is 212 cm³/mol. The van der Waals surface area contributed by atoms with Crippen LogP contribution in [0.1, 0.15) is 162 Å². The molecular formula is C41H72NO10P. The van der Waals surface area contributed by atoms with Gasteiger partial charge in [0.2, 0.25) is 0 Å². The van der Waals surface area contributed by atoms with Gasteiger partial charge in [-0.3, -0.25) is 23.4 Å². The van der Waals surface area contributed by atoms with E-state index in [0.29, 0.717) is 12.8 Å². The summed E-state index contributed by atoms with van der Waals surface area (Å²) in [6.07, 6.45) is 39.0. The first-order valence-corrected chi connectivity index (χ1v) is 21.7. The maximum absolute atomic E-state index is 12.5. The van der Waals surface area contributed by atoms with Crippen molar-refractivity contribution in [3.63, 3.8) is 0 Å². The molecule has 0 bridgehead atoms. The van der Waals surface area contributed by atoms with E-state index >= 15 is 0 Å². The zero-order valence-corrected chi connectivity index (χ0v) is 33.7. The van der Waals surface area contributed by atoms with Gasteiger partial charge < -0.3 is 25.2 Å². The molecule has 0 saturated heterocycles. The fourth-order valence-corrected chi connectivity index (χ4v) is 5.88. The number of hydrogen-bond donors (Lipinski definition) is 3. The van der Waals surface area contributed by atoms with E-state index in [4.69, 9.17) is 24.8 Å². The van der Waals surface area contributed by atoms with Crippen LogP contribution in [-0.4, -0.2) is 59.9 Å². The smallest absolute Gasteiger partial charge is 0.472 e. The first kappa shape index (κ1) is 50.4. The number of ether oxygens (including phenoxy) is 2. The van der Waals surface area contributed by atoms with Crippen molar-refractivity contribution in [1.29, 1.82) is 0 Å². The molecule has 1 unspecified atom stereocenters. The molecule has 0 aliphatic heterocycles. The number of carbonyl (C=O) groups is 3. The van der Waals surface area contributed by atoms with Gasteiger partial charge in [0.05, 0.1) is 13.2 Å². The van der Waals surface area contributed by atoms with Crippen molar-refractivity contribution < 1.29 is 47.5 Å². The molecule has 12 heteroatoms. The lowest BCUT2D eigenvalue weighted by Crippen LogP contribution is -2.34. The number of nitrogens with two attached hydrogens (primary N) is 1. The summed E-state index contributed by atoms with van der Waals surface area (Å²) in [5.41, 5.74) is 5.31. The van der Waals surface area contributed by atoms with E-state index in [0.717, 1.165) is 57.8 Å². The molecule has 0 aliphatic carbocycles. The molecule has 0 aliphatic rings. The summed E-state index contributed by atoms with van der Waals surface area (Å²) in [6, 6.07) is -1.52. The Balaban J connectivity index is 4.43. The molecule has 0 rings (SSSR count). The van der Waals surface area contributed by atoms with Gasteiger partial charge in [0.15, 0.2) is 6.10 Å². The quantitative estimate of drug-likeness (QED) is 0.0238. The van der Waals surface area contributed by atoms with Crippen LogP contribution in [0.2, 0.25) is 0 Å². The van der Waals surface area contributed by atoms with Crippen LogP contribution < -0.4 is 5.73 Å². The molecule has 0 fully saturated rings. The molecule has 4 N–H and O–H groups in total. The number of esters is 2. The lowest BCUT2D eigenvalue weighted by Gasteiger charge is -2.20. The van der Waals surface area contributed by atoms with Crippen LogP contribution in [0.3, 0.4) is 0 Å². The average molecular weight is 770 g/mol. The van der Waals surface area contributed by atoms with Gasteiger partial charge >= 0.3 is 25.7 Å². The minimum absolute atomic E-state index is 0.154. The number of carboxylic acids is 1. The number of aliphatic carboxylic acids is 1. The van der Waals surface area contributed by atoms with E-state index in [2.05, 4.69) is 67.0 Å². The van der Waals surface area contributed by atoms with Crippen molar-refractivity contribution in [3.8, 4) is 0 Å². The number of phosphoric acid groups is 1. The standard InChI is InChI=1S/C41H72NO10P/c1-3-5-7-9-11-13-15-16-17-18-19-20-21-22-23-25-26-28-30-32-39(43)49-34-37(35-50-53(47,48)51-36-38(42)41(45)46)52-40(44)33-31-29-27-24-14-12-10-8-6-4-2/h11,13,16-17,19-20,22-23,37-38H,3-10,12,14-15,18,21,24-36,42H2,1-2H3,(H,45,46)(H,47,48)/b13-11+,17-16+,20-19+,23-22+/t37-,38+/m0/s1. The van der Waals surface area contributed by atoms with Gasteiger partial charge in [0.25, 0.3) is 0 Å². The highest BCUT2D eigenvalue weighted by Crippen LogP contribution is 2.43. The summed E-state index contributed by atoms with van der Waals surface area (Å²) in [6.45, 7) is 2.70. The molecule has 0 aromatic heterocycles. The predicted octanol–water partition coefficient (Wildman–Crippen LogP) is 10.2. The van der Waals surface area contributed by atoms with E-state index in [9.17, 15) is 23.8 Å². The Morgan fingerprint density at radius 1 is 0.585 bits per heavy atom. The van der Waals surface area contributed by atoms with E-state index in [-0.39, 0.29) is 19.4 Å². The van der Waals surface area contributed by atoms with Gasteiger partial charge in [0, 0.05) is 12.8 Å². The van der Waals surface area contributed by atoms with Gasteiger partial charge in [-0.25, -0.2) is 4.57 Å².